The van der Waals surface area contributed by atoms with Crippen LogP contribution in [0.25, 0.3) is 10.9 Å². The lowest BCUT2D eigenvalue weighted by atomic mass is 9.61. The zero-order valence-electron chi connectivity index (χ0n) is 17.8. The third-order valence-electron chi connectivity index (χ3n) is 7.58. The molecule has 0 bridgehead atoms. The summed E-state index contributed by atoms with van der Waals surface area (Å²) >= 11 is 0. The highest BCUT2D eigenvalue weighted by Gasteiger charge is 2.54. The van der Waals surface area contributed by atoms with E-state index in [1.165, 1.54) is 44.2 Å². The lowest BCUT2D eigenvalue weighted by molar-refractivity contribution is -0.148. The monoisotopic (exact) mass is 410 g/mol. The minimum atomic E-state index is -0.271. The molecule has 160 valence electrons. The van der Waals surface area contributed by atoms with Crippen molar-refractivity contribution >= 4 is 16.7 Å². The Hall–Kier alpha value is -2.01. The van der Waals surface area contributed by atoms with E-state index in [-0.39, 0.29) is 18.0 Å². The smallest absolute Gasteiger partial charge is 0.149 e. The van der Waals surface area contributed by atoms with Crippen LogP contribution >= 0.6 is 0 Å². The highest BCUT2D eigenvalue weighted by atomic mass is 19.1. The highest BCUT2D eigenvalue weighted by molar-refractivity contribution is 5.85. The molecule has 30 heavy (non-hydrogen) atoms. The molecule has 0 N–H and O–H groups in total. The van der Waals surface area contributed by atoms with Gasteiger partial charge in [-0.3, -0.25) is 14.7 Å². The van der Waals surface area contributed by atoms with Gasteiger partial charge in [0.2, 0.25) is 0 Å². The molecular weight excluding hydrogens is 379 g/mol. The van der Waals surface area contributed by atoms with Gasteiger partial charge in [0.15, 0.2) is 0 Å². The number of nitrogens with zero attached hydrogens (tertiary/aromatic N) is 2. The molecule has 5 heteroatoms. The largest absolute Gasteiger partial charge is 0.490 e. The average molecular weight is 411 g/mol. The van der Waals surface area contributed by atoms with Gasteiger partial charge in [-0.15, -0.1) is 0 Å². The van der Waals surface area contributed by atoms with Crippen LogP contribution in [0.5, 0.6) is 5.75 Å². The normalized spacial score (nSPS) is 23.1. The van der Waals surface area contributed by atoms with Gasteiger partial charge in [-0.2, -0.15) is 0 Å². The molecule has 0 amide bonds. The molecule has 2 heterocycles. The summed E-state index contributed by atoms with van der Waals surface area (Å²) in [6, 6.07) is 6.49. The van der Waals surface area contributed by atoms with Gasteiger partial charge < -0.3 is 4.74 Å². The van der Waals surface area contributed by atoms with Crippen molar-refractivity contribution in [2.45, 2.75) is 70.4 Å². The maximum Gasteiger partial charge on any atom is 0.149 e. The fraction of sp³-hybridized carbons (Fsp3) is 0.600. The first kappa shape index (κ1) is 19.9. The third kappa shape index (κ3) is 3.84. The number of hydrogen-bond donors (Lipinski definition) is 0. The van der Waals surface area contributed by atoms with E-state index in [4.69, 9.17) is 4.74 Å². The highest BCUT2D eigenvalue weighted by Crippen LogP contribution is 2.50. The quantitative estimate of drug-likeness (QED) is 0.661. The zero-order chi connectivity index (χ0) is 20.7. The van der Waals surface area contributed by atoms with Crippen molar-refractivity contribution in [3.8, 4) is 5.75 Å². The number of halogens is 1. The number of hydrogen-bond acceptors (Lipinski definition) is 4. The molecule has 1 atom stereocenters. The summed E-state index contributed by atoms with van der Waals surface area (Å²) in [4.78, 5) is 19.4. The van der Waals surface area contributed by atoms with Crippen molar-refractivity contribution in [1.82, 2.24) is 9.88 Å². The molecule has 3 fully saturated rings. The molecule has 1 saturated heterocycles. The van der Waals surface area contributed by atoms with Crippen molar-refractivity contribution in [2.24, 2.45) is 11.3 Å². The van der Waals surface area contributed by atoms with Crippen LogP contribution in [0.4, 0.5) is 4.39 Å². The van der Waals surface area contributed by atoms with Gasteiger partial charge in [-0.05, 0) is 49.9 Å². The van der Waals surface area contributed by atoms with Crippen LogP contribution in [0.3, 0.4) is 0 Å². The Bertz CT molecular complexity index is 926. The lowest BCUT2D eigenvalue weighted by Gasteiger charge is -2.60. The van der Waals surface area contributed by atoms with Crippen molar-refractivity contribution < 1.29 is 13.9 Å². The van der Waals surface area contributed by atoms with Gasteiger partial charge in [-0.25, -0.2) is 4.39 Å². The van der Waals surface area contributed by atoms with Crippen LogP contribution in [0, 0.1) is 17.2 Å². The molecule has 1 aromatic heterocycles. The lowest BCUT2D eigenvalue weighted by Crippen LogP contribution is -2.67. The fourth-order valence-electron chi connectivity index (χ4n) is 5.76. The van der Waals surface area contributed by atoms with Gasteiger partial charge in [0.1, 0.15) is 17.3 Å². The second kappa shape index (κ2) is 7.92. The van der Waals surface area contributed by atoms with Crippen LogP contribution in [0.15, 0.2) is 30.5 Å². The number of benzene rings is 1. The van der Waals surface area contributed by atoms with E-state index in [0.29, 0.717) is 22.9 Å². The van der Waals surface area contributed by atoms with Gasteiger partial charge in [0.05, 0.1) is 17.7 Å². The minimum Gasteiger partial charge on any atom is -0.490 e. The molecule has 4 nitrogen and oxygen atoms in total. The number of fused-ring (bicyclic) bond motifs is 1. The Labute approximate surface area is 177 Å². The van der Waals surface area contributed by atoms with Crippen LogP contribution in [-0.2, 0) is 4.79 Å². The summed E-state index contributed by atoms with van der Waals surface area (Å²) in [5, 5.41) is 0.732. The van der Waals surface area contributed by atoms with E-state index in [0.717, 1.165) is 43.3 Å². The van der Waals surface area contributed by atoms with Crippen LogP contribution < -0.4 is 4.74 Å². The Morgan fingerprint density at radius 2 is 2.00 bits per heavy atom. The Morgan fingerprint density at radius 3 is 2.77 bits per heavy atom. The van der Waals surface area contributed by atoms with Gasteiger partial charge in [-0.1, -0.05) is 32.1 Å². The maximum absolute atomic E-state index is 13.7. The molecular formula is C25H31FN2O2. The van der Waals surface area contributed by atoms with E-state index in [1.807, 2.05) is 6.07 Å². The molecule has 1 aliphatic heterocycles. The number of ether oxygens (including phenoxy) is 1. The number of aromatic nitrogens is 1. The summed E-state index contributed by atoms with van der Waals surface area (Å²) in [6.45, 7) is 4.08. The first-order valence-corrected chi connectivity index (χ1v) is 11.5. The van der Waals surface area contributed by atoms with Crippen molar-refractivity contribution in [2.75, 3.05) is 13.1 Å². The first-order valence-electron chi connectivity index (χ1n) is 11.5. The number of likely N-dealkylation sites (tertiary alicyclic amines) is 1. The number of ketones is 1. The van der Waals surface area contributed by atoms with Crippen LogP contribution in [-0.4, -0.2) is 40.9 Å². The number of Topliss-reactive ketones (excluding diaryl/α,β-unsaturated/α-hetero) is 1. The fourth-order valence-corrected chi connectivity index (χ4v) is 5.76. The molecule has 2 aromatic rings. The molecule has 1 aromatic carbocycles. The molecule has 3 aliphatic rings. The van der Waals surface area contributed by atoms with Crippen LogP contribution in [0.2, 0.25) is 0 Å². The number of carbonyl (C=O) groups is 1. The van der Waals surface area contributed by atoms with E-state index in [1.54, 1.807) is 12.3 Å². The Balaban J connectivity index is 1.12. The van der Waals surface area contributed by atoms with E-state index >= 15 is 0 Å². The number of carbonyl (C=O) groups excluding carboxylic acids is 1. The number of rotatable bonds is 6. The summed E-state index contributed by atoms with van der Waals surface area (Å²) in [5.41, 5.74) is 1.06. The summed E-state index contributed by atoms with van der Waals surface area (Å²) in [7, 11) is 0. The van der Waals surface area contributed by atoms with Gasteiger partial charge in [0.25, 0.3) is 0 Å². The summed E-state index contributed by atoms with van der Waals surface area (Å²) < 4.78 is 19.9. The predicted molar refractivity (Wildman–Crippen MR) is 115 cm³/mol. The van der Waals surface area contributed by atoms with Gasteiger partial charge >= 0.3 is 0 Å². The van der Waals surface area contributed by atoms with Crippen molar-refractivity contribution in [3.05, 3.63) is 36.3 Å². The van der Waals surface area contributed by atoms with Crippen molar-refractivity contribution in [3.63, 3.8) is 0 Å². The van der Waals surface area contributed by atoms with Crippen molar-refractivity contribution in [1.29, 1.82) is 0 Å². The van der Waals surface area contributed by atoms with E-state index in [2.05, 4.69) is 16.8 Å². The second-order valence-electron chi connectivity index (χ2n) is 9.87. The topological polar surface area (TPSA) is 42.4 Å². The summed E-state index contributed by atoms with van der Waals surface area (Å²) in [5.74, 6) is 1.48. The SMILES string of the molecule is CC(C(=O)CC1CCCCC1)N1CC2(CC(Oc3ccnc4ccc(F)cc34)C2)C1. The Morgan fingerprint density at radius 1 is 1.23 bits per heavy atom. The van der Waals surface area contributed by atoms with E-state index < -0.39 is 0 Å². The predicted octanol–water partition coefficient (Wildman–Crippen LogP) is 5.15. The molecule has 2 saturated carbocycles. The summed E-state index contributed by atoms with van der Waals surface area (Å²) in [6.07, 6.45) is 11.0. The Kier molecular flexibility index (Phi) is 5.26. The number of pyridine rings is 1. The third-order valence-corrected chi connectivity index (χ3v) is 7.58. The van der Waals surface area contributed by atoms with Crippen LogP contribution in [0.1, 0.15) is 58.3 Å². The second-order valence-corrected chi connectivity index (χ2v) is 9.87. The molecule has 0 radical (unpaired) electrons. The van der Waals surface area contributed by atoms with E-state index in [9.17, 15) is 9.18 Å². The first-order chi connectivity index (χ1) is 14.5. The standard InChI is InChI=1S/C25H31FN2O2/c1-17(23(29)11-18-5-3-2-4-6-18)28-15-25(16-28)13-20(14-25)30-24-9-10-27-22-8-7-19(26)12-21(22)24/h7-10,12,17-18,20H,2-6,11,13-16H2,1H3. The molecule has 5 rings (SSSR count). The zero-order valence-corrected chi connectivity index (χ0v) is 17.8. The molecule has 1 unspecified atom stereocenters. The minimum absolute atomic E-state index is 0.0460. The molecule has 1 spiro atoms. The average Bonchev–Trinajstić information content (AvgIpc) is 2.69. The maximum atomic E-state index is 13.7. The molecule has 2 aliphatic carbocycles. The van der Waals surface area contributed by atoms with Gasteiger partial charge in [0, 0.05) is 36.5 Å².